The minimum atomic E-state index is -1.11. The van der Waals surface area contributed by atoms with E-state index in [9.17, 15) is 19.2 Å². The van der Waals surface area contributed by atoms with Crippen LogP contribution in [-0.2, 0) is 25.5 Å². The summed E-state index contributed by atoms with van der Waals surface area (Å²) in [7, 11) is 0. The van der Waals surface area contributed by atoms with Crippen molar-refractivity contribution < 1.29 is 23.9 Å². The Bertz CT molecular complexity index is 1200. The Morgan fingerprint density at radius 1 is 0.914 bits per heavy atom. The van der Waals surface area contributed by atoms with E-state index in [0.29, 0.717) is 22.4 Å². The van der Waals surface area contributed by atoms with Gasteiger partial charge in [-0.1, -0.05) is 54.1 Å². The number of carbonyl (C=O) groups excluding carboxylic acids is 4. The van der Waals surface area contributed by atoms with E-state index in [1.807, 2.05) is 30.3 Å². The first-order valence-electron chi connectivity index (χ1n) is 12.0. The number of benzene rings is 2. The van der Waals surface area contributed by atoms with Crippen LogP contribution >= 0.6 is 11.6 Å². The third kappa shape index (κ3) is 3.71. The van der Waals surface area contributed by atoms with Crippen LogP contribution in [0.4, 0.5) is 0 Å². The molecule has 7 atom stereocenters. The van der Waals surface area contributed by atoms with Crippen molar-refractivity contribution >= 4 is 35.2 Å². The number of halogens is 1. The average Bonchev–Trinajstić information content (AvgIpc) is 3.65. The molecule has 0 aromatic heterocycles. The smallest absolute Gasteiger partial charge is 0.330 e. The van der Waals surface area contributed by atoms with E-state index in [4.69, 9.17) is 16.3 Å². The van der Waals surface area contributed by atoms with Crippen LogP contribution in [0.15, 0.2) is 66.7 Å². The molecule has 7 rings (SSSR count). The van der Waals surface area contributed by atoms with Gasteiger partial charge in [0.15, 0.2) is 12.4 Å². The zero-order valence-electron chi connectivity index (χ0n) is 18.9. The molecule has 0 unspecified atom stereocenters. The van der Waals surface area contributed by atoms with Crippen LogP contribution in [-0.4, -0.2) is 41.1 Å². The molecule has 5 aliphatic rings. The van der Waals surface area contributed by atoms with Crippen LogP contribution in [0.25, 0.3) is 0 Å². The number of ketones is 1. The monoisotopic (exact) mass is 489 g/mol. The molecule has 1 saturated heterocycles. The second kappa shape index (κ2) is 8.45. The van der Waals surface area contributed by atoms with Gasteiger partial charge in [-0.05, 0) is 59.9 Å². The number of likely N-dealkylation sites (tertiary alicyclic amines) is 1. The van der Waals surface area contributed by atoms with Gasteiger partial charge in [0.2, 0.25) is 11.8 Å². The fourth-order valence-corrected chi connectivity index (χ4v) is 6.48. The number of rotatable bonds is 7. The van der Waals surface area contributed by atoms with Gasteiger partial charge in [-0.25, -0.2) is 4.79 Å². The van der Waals surface area contributed by atoms with Crippen LogP contribution in [0.1, 0.15) is 22.3 Å². The number of allylic oxidation sites excluding steroid dienone is 2. The Kier molecular flexibility index (Phi) is 5.37. The zero-order valence-corrected chi connectivity index (χ0v) is 19.6. The number of hydrogen-bond acceptors (Lipinski definition) is 5. The van der Waals surface area contributed by atoms with Crippen LogP contribution < -0.4 is 0 Å². The minimum absolute atomic E-state index is 0.0660. The third-order valence-corrected chi connectivity index (χ3v) is 8.32. The molecule has 0 N–H and O–H groups in total. The van der Waals surface area contributed by atoms with Gasteiger partial charge < -0.3 is 4.74 Å². The van der Waals surface area contributed by atoms with E-state index in [1.165, 1.54) is 0 Å². The van der Waals surface area contributed by atoms with Crippen molar-refractivity contribution in [3.63, 3.8) is 0 Å². The van der Waals surface area contributed by atoms with E-state index < -0.39 is 30.5 Å². The third-order valence-electron chi connectivity index (χ3n) is 8.06. The van der Waals surface area contributed by atoms with Gasteiger partial charge in [-0.15, -0.1) is 0 Å². The number of hydrogen-bond donors (Lipinski definition) is 0. The molecule has 2 aromatic rings. The Morgan fingerprint density at radius 3 is 2.11 bits per heavy atom. The Morgan fingerprint density at radius 2 is 1.51 bits per heavy atom. The molecule has 2 saturated carbocycles. The molecule has 7 heteroatoms. The average molecular weight is 490 g/mol. The number of amides is 2. The molecular weight excluding hydrogens is 466 g/mol. The number of nitrogens with zero attached hydrogens (tertiary/aromatic N) is 1. The van der Waals surface area contributed by atoms with E-state index in [2.05, 4.69) is 12.2 Å². The molecule has 2 bridgehead atoms. The normalized spacial score (nSPS) is 30.6. The molecule has 4 aliphatic carbocycles. The van der Waals surface area contributed by atoms with Gasteiger partial charge in [0.25, 0.3) is 0 Å². The van der Waals surface area contributed by atoms with Crippen molar-refractivity contribution in [2.24, 2.45) is 35.5 Å². The summed E-state index contributed by atoms with van der Waals surface area (Å²) in [6, 6.07) is 14.4. The maximum atomic E-state index is 13.6. The maximum absolute atomic E-state index is 13.6. The summed E-state index contributed by atoms with van der Waals surface area (Å²) in [5, 5.41) is 0.495. The van der Waals surface area contributed by atoms with Gasteiger partial charge in [0.05, 0.1) is 11.8 Å². The van der Waals surface area contributed by atoms with E-state index in [1.54, 1.807) is 24.3 Å². The number of carbonyl (C=O) groups is 4. The van der Waals surface area contributed by atoms with Crippen molar-refractivity contribution in [1.82, 2.24) is 4.90 Å². The fourth-order valence-electron chi connectivity index (χ4n) is 6.36. The van der Waals surface area contributed by atoms with Crippen LogP contribution in [0.3, 0.4) is 0 Å². The van der Waals surface area contributed by atoms with Crippen molar-refractivity contribution in [3.05, 3.63) is 82.9 Å². The lowest BCUT2D eigenvalue weighted by Crippen LogP contribution is -2.48. The fraction of sp³-hybridized carbons (Fsp3) is 0.357. The van der Waals surface area contributed by atoms with Gasteiger partial charge in [-0.3, -0.25) is 19.3 Å². The summed E-state index contributed by atoms with van der Waals surface area (Å²) in [6.45, 7) is -0.480. The maximum Gasteiger partial charge on any atom is 0.330 e. The van der Waals surface area contributed by atoms with Gasteiger partial charge in [0.1, 0.15) is 6.04 Å². The second-order valence-electron chi connectivity index (χ2n) is 9.94. The molecule has 3 fully saturated rings. The van der Waals surface area contributed by atoms with E-state index in [0.717, 1.165) is 16.9 Å². The van der Waals surface area contributed by atoms with E-state index in [-0.39, 0.29) is 35.9 Å². The number of esters is 1. The van der Waals surface area contributed by atoms with Crippen molar-refractivity contribution in [2.45, 2.75) is 18.9 Å². The Balaban J connectivity index is 1.25. The summed E-state index contributed by atoms with van der Waals surface area (Å²) in [5.74, 6) is -1.43. The standard InChI is InChI=1S/C28H24ClNO5/c29-17-8-6-16(7-9-17)23(31)14-35-28(34)22(12-15-4-2-1-3-5-15)30-26(32)24-18-10-11-19(21-13-20(18)21)25(24)27(30)33/h1-11,18-22,24-25H,12-14H2/t18-,19-,20-,21-,22-,24+,25+/m1/s1. The lowest BCUT2D eigenvalue weighted by molar-refractivity contribution is -0.158. The molecule has 1 heterocycles. The molecule has 2 amide bonds. The van der Waals surface area contributed by atoms with E-state index >= 15 is 0 Å². The first-order valence-corrected chi connectivity index (χ1v) is 12.4. The topological polar surface area (TPSA) is 80.8 Å². The van der Waals surface area contributed by atoms with Crippen molar-refractivity contribution in [3.8, 4) is 0 Å². The molecule has 1 aliphatic heterocycles. The van der Waals surface area contributed by atoms with Crippen molar-refractivity contribution in [1.29, 1.82) is 0 Å². The predicted molar refractivity (Wildman–Crippen MR) is 127 cm³/mol. The number of ether oxygens (including phenoxy) is 1. The molecule has 35 heavy (non-hydrogen) atoms. The predicted octanol–water partition coefficient (Wildman–Crippen LogP) is 3.73. The highest BCUT2D eigenvalue weighted by atomic mass is 35.5. The van der Waals surface area contributed by atoms with Gasteiger partial charge in [0, 0.05) is 17.0 Å². The summed E-state index contributed by atoms with van der Waals surface area (Å²) in [6.07, 6.45) is 5.41. The first-order chi connectivity index (χ1) is 16.9. The minimum Gasteiger partial charge on any atom is -0.456 e. The number of Topliss-reactive ketones (excluding diaryl/α,β-unsaturated/α-hetero) is 1. The second-order valence-corrected chi connectivity index (χ2v) is 10.4. The molecular formula is C28H24ClNO5. The Labute approximate surface area is 207 Å². The summed E-state index contributed by atoms with van der Waals surface area (Å²) in [5.41, 5.74) is 1.17. The zero-order chi connectivity index (χ0) is 24.3. The van der Waals surface area contributed by atoms with Crippen LogP contribution in [0, 0.1) is 35.5 Å². The SMILES string of the molecule is O=C(COC(=O)[C@@H](Cc1ccccc1)N1C(=O)[C@H]2[C@@H]3C=C[C@H]([C@H]4C[C@H]34)[C@@H]2C1=O)c1ccc(Cl)cc1. The van der Waals surface area contributed by atoms with Gasteiger partial charge >= 0.3 is 5.97 Å². The number of imide groups is 1. The van der Waals surface area contributed by atoms with Crippen LogP contribution in [0.5, 0.6) is 0 Å². The molecule has 2 aromatic carbocycles. The molecule has 0 radical (unpaired) electrons. The quantitative estimate of drug-likeness (QED) is 0.256. The highest BCUT2D eigenvalue weighted by molar-refractivity contribution is 6.30. The lowest BCUT2D eigenvalue weighted by Gasteiger charge is -2.37. The lowest BCUT2D eigenvalue weighted by atomic mass is 9.63. The molecule has 178 valence electrons. The first kappa shape index (κ1) is 22.2. The summed E-state index contributed by atoms with van der Waals surface area (Å²) in [4.78, 5) is 54.3. The molecule has 0 spiro atoms. The summed E-state index contributed by atoms with van der Waals surface area (Å²) < 4.78 is 5.40. The highest BCUT2D eigenvalue weighted by Crippen LogP contribution is 2.65. The molecule has 6 nitrogen and oxygen atoms in total. The van der Waals surface area contributed by atoms with Gasteiger partial charge in [-0.2, -0.15) is 0 Å². The summed E-state index contributed by atoms with van der Waals surface area (Å²) >= 11 is 5.88. The Hall–Kier alpha value is -3.25. The largest absolute Gasteiger partial charge is 0.456 e. The van der Waals surface area contributed by atoms with Crippen LogP contribution in [0.2, 0.25) is 5.02 Å². The highest BCUT2D eigenvalue weighted by Gasteiger charge is 2.68. The van der Waals surface area contributed by atoms with Crippen molar-refractivity contribution in [2.75, 3.05) is 6.61 Å².